The van der Waals surface area contributed by atoms with Crippen molar-refractivity contribution in [3.8, 4) is 11.4 Å². The van der Waals surface area contributed by atoms with E-state index in [1.165, 1.54) is 0 Å². The highest BCUT2D eigenvalue weighted by molar-refractivity contribution is 6.31. The average Bonchev–Trinajstić information content (AvgIpc) is 2.70. The molecule has 4 rings (SSSR count). The molecule has 4 aromatic rings. The van der Waals surface area contributed by atoms with Crippen molar-refractivity contribution in [3.05, 3.63) is 98.8 Å². The summed E-state index contributed by atoms with van der Waals surface area (Å²) < 4.78 is 1.14. The zero-order valence-corrected chi connectivity index (χ0v) is 15.9. The van der Waals surface area contributed by atoms with E-state index in [0.29, 0.717) is 32.1 Å². The molecule has 5 nitrogen and oxygen atoms in total. The fraction of sp³-hybridized carbons (Fsp3) is 0. The van der Waals surface area contributed by atoms with Gasteiger partial charge < -0.3 is 0 Å². The van der Waals surface area contributed by atoms with Crippen molar-refractivity contribution >= 4 is 40.0 Å². The van der Waals surface area contributed by atoms with Crippen LogP contribution in [-0.4, -0.2) is 15.6 Å². The molecule has 0 spiro atoms. The predicted molar refractivity (Wildman–Crippen MR) is 112 cm³/mol. The van der Waals surface area contributed by atoms with Gasteiger partial charge in [0, 0.05) is 21.2 Å². The summed E-state index contributed by atoms with van der Waals surface area (Å²) in [5.74, 6) is -0.173. The Kier molecular flexibility index (Phi) is 4.86. The molecule has 1 aromatic heterocycles. The second kappa shape index (κ2) is 7.46. The first-order valence-electron chi connectivity index (χ1n) is 8.37. The summed E-state index contributed by atoms with van der Waals surface area (Å²) in [4.78, 5) is 30.4. The summed E-state index contributed by atoms with van der Waals surface area (Å²) in [6.07, 6.45) is 0. The first-order chi connectivity index (χ1) is 13.5. The van der Waals surface area contributed by atoms with Crippen molar-refractivity contribution in [1.82, 2.24) is 9.66 Å². The number of hydrogen-bond acceptors (Lipinski definition) is 3. The summed E-state index contributed by atoms with van der Waals surface area (Å²) in [5, 5.41) is 1.40. The van der Waals surface area contributed by atoms with E-state index >= 15 is 0 Å². The maximum Gasteiger partial charge on any atom is 0.280 e. The van der Waals surface area contributed by atoms with E-state index in [1.807, 2.05) is 0 Å². The molecule has 0 unspecified atom stereocenters. The van der Waals surface area contributed by atoms with Crippen molar-refractivity contribution in [2.24, 2.45) is 0 Å². The molecule has 7 heteroatoms. The third-order valence-electron chi connectivity index (χ3n) is 4.18. The van der Waals surface area contributed by atoms with Crippen molar-refractivity contribution in [2.45, 2.75) is 0 Å². The Balaban J connectivity index is 1.89. The van der Waals surface area contributed by atoms with Crippen molar-refractivity contribution in [1.29, 1.82) is 0 Å². The molecule has 1 N–H and O–H groups in total. The number of nitrogens with one attached hydrogen (secondary N) is 1. The van der Waals surface area contributed by atoms with Gasteiger partial charge in [-0.2, -0.15) is 4.68 Å². The quantitative estimate of drug-likeness (QED) is 0.530. The summed E-state index contributed by atoms with van der Waals surface area (Å²) in [5.41, 5.74) is 3.75. The molecule has 138 valence electrons. The van der Waals surface area contributed by atoms with E-state index in [2.05, 4.69) is 10.4 Å². The Labute approximate surface area is 170 Å². The maximum absolute atomic E-state index is 13.1. The lowest BCUT2D eigenvalue weighted by atomic mass is 10.2. The number of nitrogens with zero attached hydrogens (tertiary/aromatic N) is 2. The van der Waals surface area contributed by atoms with Gasteiger partial charge in [-0.3, -0.25) is 15.0 Å². The third-order valence-corrected chi connectivity index (χ3v) is 4.67. The van der Waals surface area contributed by atoms with Gasteiger partial charge >= 0.3 is 0 Å². The number of para-hydroxylation sites is 1. The minimum Gasteiger partial charge on any atom is -0.267 e. The highest BCUT2D eigenvalue weighted by atomic mass is 35.5. The van der Waals surface area contributed by atoms with Gasteiger partial charge in [-0.15, -0.1) is 0 Å². The van der Waals surface area contributed by atoms with E-state index in [-0.39, 0.29) is 11.4 Å². The number of hydrogen-bond donors (Lipinski definition) is 1. The van der Waals surface area contributed by atoms with Crippen molar-refractivity contribution < 1.29 is 4.79 Å². The van der Waals surface area contributed by atoms with Gasteiger partial charge in [0.25, 0.3) is 11.5 Å². The largest absolute Gasteiger partial charge is 0.280 e. The Morgan fingerprint density at radius 2 is 1.64 bits per heavy atom. The van der Waals surface area contributed by atoms with Crippen LogP contribution in [-0.2, 0) is 0 Å². The number of aromatic nitrogens is 2. The number of benzene rings is 3. The highest BCUT2D eigenvalue weighted by Gasteiger charge is 2.16. The summed E-state index contributed by atoms with van der Waals surface area (Å²) in [7, 11) is 0. The molecule has 0 bridgehead atoms. The topological polar surface area (TPSA) is 64.0 Å². The van der Waals surface area contributed by atoms with Gasteiger partial charge in [-0.25, -0.2) is 4.98 Å². The molecule has 1 heterocycles. The molecule has 0 fully saturated rings. The van der Waals surface area contributed by atoms with Gasteiger partial charge in [0.1, 0.15) is 0 Å². The first kappa shape index (κ1) is 18.2. The second-order valence-electron chi connectivity index (χ2n) is 6.05. The Bertz CT molecular complexity index is 1250. The smallest absolute Gasteiger partial charge is 0.267 e. The fourth-order valence-corrected chi connectivity index (χ4v) is 3.14. The summed E-state index contributed by atoms with van der Waals surface area (Å²) in [6.45, 7) is 0. The lowest BCUT2D eigenvalue weighted by Gasteiger charge is -2.15. The van der Waals surface area contributed by atoms with Gasteiger partial charge in [0.15, 0.2) is 5.82 Å². The molecule has 0 atom stereocenters. The van der Waals surface area contributed by atoms with E-state index in [0.717, 1.165) is 4.68 Å². The molecule has 0 aliphatic heterocycles. The number of carbonyl (C=O) groups excluding carboxylic acids is 1. The molecular formula is C21H13Cl2N3O2. The van der Waals surface area contributed by atoms with E-state index < -0.39 is 5.91 Å². The Morgan fingerprint density at radius 3 is 2.39 bits per heavy atom. The number of carbonyl (C=O) groups is 1. The van der Waals surface area contributed by atoms with Gasteiger partial charge in [0.2, 0.25) is 0 Å². The molecule has 0 aliphatic carbocycles. The zero-order valence-electron chi connectivity index (χ0n) is 14.4. The van der Waals surface area contributed by atoms with Crippen LogP contribution >= 0.6 is 23.2 Å². The van der Waals surface area contributed by atoms with E-state index in [1.54, 1.807) is 72.8 Å². The van der Waals surface area contributed by atoms with Crippen molar-refractivity contribution in [3.63, 3.8) is 0 Å². The molecular weight excluding hydrogens is 397 g/mol. The molecule has 0 saturated heterocycles. The van der Waals surface area contributed by atoms with Crippen LogP contribution < -0.4 is 11.0 Å². The number of amides is 1. The Morgan fingerprint density at radius 1 is 0.893 bits per heavy atom. The lowest BCUT2D eigenvalue weighted by Crippen LogP contribution is -2.35. The highest BCUT2D eigenvalue weighted by Crippen LogP contribution is 2.22. The molecule has 3 aromatic carbocycles. The third kappa shape index (κ3) is 3.50. The van der Waals surface area contributed by atoms with Crippen LogP contribution in [0.2, 0.25) is 10.0 Å². The molecule has 28 heavy (non-hydrogen) atoms. The summed E-state index contributed by atoms with van der Waals surface area (Å²) in [6, 6.07) is 20.3. The zero-order chi connectivity index (χ0) is 19.7. The van der Waals surface area contributed by atoms with Crippen LogP contribution in [0.1, 0.15) is 10.4 Å². The van der Waals surface area contributed by atoms with Crippen LogP contribution in [0.25, 0.3) is 22.3 Å². The molecule has 0 radical (unpaired) electrons. The first-order valence-corrected chi connectivity index (χ1v) is 9.13. The minimum atomic E-state index is -0.459. The van der Waals surface area contributed by atoms with Crippen LogP contribution in [0.4, 0.5) is 0 Å². The van der Waals surface area contributed by atoms with E-state index in [9.17, 15) is 9.59 Å². The minimum absolute atomic E-state index is 0.286. The lowest BCUT2D eigenvalue weighted by molar-refractivity contribution is 0.101. The molecule has 1 amide bonds. The van der Waals surface area contributed by atoms with Crippen LogP contribution in [0, 0.1) is 0 Å². The number of rotatable bonds is 3. The normalized spacial score (nSPS) is 10.8. The van der Waals surface area contributed by atoms with Crippen molar-refractivity contribution in [2.75, 3.05) is 5.43 Å². The van der Waals surface area contributed by atoms with Gasteiger partial charge in [-0.1, -0.05) is 47.5 Å². The standard InChI is InChI=1S/C21H13Cl2N3O2/c22-15-10-8-13(9-11-15)20(27)25-26-19(14-4-3-5-16(23)12-14)24-18-7-2-1-6-17(18)21(26)28/h1-12H,(H,25,27). The predicted octanol–water partition coefficient (Wildman–Crippen LogP) is 4.75. The summed E-state index contributed by atoms with van der Waals surface area (Å²) >= 11 is 12.0. The average molecular weight is 410 g/mol. The van der Waals surface area contributed by atoms with Gasteiger partial charge in [-0.05, 0) is 48.5 Å². The number of halogens is 2. The molecule has 0 saturated carbocycles. The fourth-order valence-electron chi connectivity index (χ4n) is 2.83. The maximum atomic E-state index is 13.1. The Hall–Kier alpha value is -3.15. The van der Waals surface area contributed by atoms with E-state index in [4.69, 9.17) is 23.2 Å². The monoisotopic (exact) mass is 409 g/mol. The van der Waals surface area contributed by atoms with Gasteiger partial charge in [0.05, 0.1) is 10.9 Å². The number of fused-ring (bicyclic) bond motifs is 1. The van der Waals surface area contributed by atoms with Crippen LogP contribution in [0.15, 0.2) is 77.6 Å². The van der Waals surface area contributed by atoms with Crippen LogP contribution in [0.3, 0.4) is 0 Å². The SMILES string of the molecule is O=C(Nn1c(-c2cccc(Cl)c2)nc2ccccc2c1=O)c1ccc(Cl)cc1. The molecule has 0 aliphatic rings. The second-order valence-corrected chi connectivity index (χ2v) is 6.92. The van der Waals surface area contributed by atoms with Crippen LogP contribution in [0.5, 0.6) is 0 Å².